The Kier molecular flexibility index (Phi) is 3.69. The first-order chi connectivity index (χ1) is 12.6. The van der Waals surface area contributed by atoms with Crippen LogP contribution in [0.15, 0.2) is 59.1 Å². The lowest BCUT2D eigenvalue weighted by Gasteiger charge is -2.18. The largest absolute Gasteiger partial charge is 0.578 e. The number of nitrogens with zero attached hydrogens (tertiary/aromatic N) is 5. The van der Waals surface area contributed by atoms with Gasteiger partial charge >= 0.3 is 5.88 Å². The summed E-state index contributed by atoms with van der Waals surface area (Å²) in [7, 11) is 1.77. The van der Waals surface area contributed by atoms with Gasteiger partial charge in [-0.25, -0.2) is 9.50 Å². The van der Waals surface area contributed by atoms with Crippen LogP contribution < -0.4 is 4.90 Å². The molecule has 0 aliphatic carbocycles. The van der Waals surface area contributed by atoms with E-state index in [0.29, 0.717) is 39.6 Å². The number of anilines is 1. The molecule has 130 valence electrons. The maximum absolute atomic E-state index is 9.40. The quantitative estimate of drug-likeness (QED) is 0.446. The molecule has 0 radical (unpaired) electrons. The van der Waals surface area contributed by atoms with Crippen LogP contribution in [0, 0.1) is 0 Å². The van der Waals surface area contributed by atoms with Gasteiger partial charge in [0.05, 0.1) is 18.5 Å². The molecule has 0 aliphatic rings. The Morgan fingerprint density at radius 3 is 2.96 bits per heavy atom. The second-order valence-corrected chi connectivity index (χ2v) is 5.63. The number of pyridine rings is 1. The first-order valence-electron chi connectivity index (χ1n) is 7.81. The van der Waals surface area contributed by atoms with E-state index in [2.05, 4.69) is 27.4 Å². The highest BCUT2D eigenvalue weighted by Gasteiger charge is 2.17. The van der Waals surface area contributed by atoms with Gasteiger partial charge in [-0.1, -0.05) is 6.58 Å². The molecule has 0 amide bonds. The van der Waals surface area contributed by atoms with Crippen molar-refractivity contribution in [3.63, 3.8) is 0 Å². The first kappa shape index (κ1) is 15.9. The summed E-state index contributed by atoms with van der Waals surface area (Å²) in [5.74, 6) is 1.29. The summed E-state index contributed by atoms with van der Waals surface area (Å²) in [5.41, 5.74) is 5.08. The van der Waals surface area contributed by atoms with E-state index in [-0.39, 0.29) is 12.5 Å². The summed E-state index contributed by atoms with van der Waals surface area (Å²) in [6.07, 6.45) is 3.20. The minimum atomic E-state index is -0.195. The number of hydrogen-bond acceptors (Lipinski definition) is 6. The number of rotatable bonds is 4. The third-order valence-corrected chi connectivity index (χ3v) is 4.15. The summed E-state index contributed by atoms with van der Waals surface area (Å²) >= 11 is 0. The van der Waals surface area contributed by atoms with Crippen molar-refractivity contribution in [2.75, 3.05) is 18.6 Å². The summed E-state index contributed by atoms with van der Waals surface area (Å²) in [4.78, 5) is 10.0. The van der Waals surface area contributed by atoms with Crippen LogP contribution in [0.25, 0.3) is 28.1 Å². The maximum atomic E-state index is 9.40. The molecule has 26 heavy (non-hydrogen) atoms. The molecular weight excluding hydrogens is 334 g/mol. The molecule has 3 N–H and O–H groups in total. The minimum Gasteiger partial charge on any atom is -0.578 e. The topological polar surface area (TPSA) is 103 Å². The van der Waals surface area contributed by atoms with Crippen molar-refractivity contribution >= 4 is 22.4 Å². The number of imidazole rings is 1. The van der Waals surface area contributed by atoms with Gasteiger partial charge in [0.25, 0.3) is 0 Å². The molecule has 0 saturated heterocycles. The lowest BCUT2D eigenvalue weighted by Crippen LogP contribution is -2.20. The number of furan rings is 1. The monoisotopic (exact) mass is 350 g/mol. The van der Waals surface area contributed by atoms with Gasteiger partial charge in [0, 0.05) is 25.4 Å². The molecule has 0 spiro atoms. The zero-order valence-corrected chi connectivity index (χ0v) is 14.0. The van der Waals surface area contributed by atoms with Crippen molar-refractivity contribution in [1.29, 1.82) is 0 Å². The first-order valence-corrected chi connectivity index (χ1v) is 7.81. The molecule has 0 aliphatic heterocycles. The number of aliphatic hydroxyl groups excluding tert-OH is 1. The van der Waals surface area contributed by atoms with Gasteiger partial charge in [0.2, 0.25) is 0 Å². The molecule has 4 rings (SSSR count). The Labute approximate surface area is 148 Å². The van der Waals surface area contributed by atoms with Crippen LogP contribution in [0.2, 0.25) is 0 Å². The zero-order chi connectivity index (χ0) is 18.3. The lowest BCUT2D eigenvalue weighted by molar-refractivity contribution is 0.328. The Morgan fingerprint density at radius 2 is 2.23 bits per heavy atom. The van der Waals surface area contributed by atoms with Crippen molar-refractivity contribution < 1.29 is 14.6 Å². The average Bonchev–Trinajstić information content (AvgIpc) is 3.26. The van der Waals surface area contributed by atoms with Gasteiger partial charge in [-0.05, 0) is 12.1 Å². The molecule has 4 aromatic heterocycles. The summed E-state index contributed by atoms with van der Waals surface area (Å²) in [6, 6.07) is 7.09. The molecule has 0 saturated carbocycles. The van der Waals surface area contributed by atoms with Crippen LogP contribution in [-0.4, -0.2) is 43.4 Å². The molecule has 0 aromatic carbocycles. The van der Waals surface area contributed by atoms with E-state index in [4.69, 9.17) is 9.52 Å². The number of hydrogen-bond donors (Lipinski definition) is 1. The Bertz CT molecular complexity index is 1170. The fourth-order valence-corrected chi connectivity index (χ4v) is 2.72. The highest BCUT2D eigenvalue weighted by molar-refractivity contribution is 5.86. The summed E-state index contributed by atoms with van der Waals surface area (Å²) in [5, 5.41) is 22.5. The van der Waals surface area contributed by atoms with Crippen LogP contribution >= 0.6 is 0 Å². The highest BCUT2D eigenvalue weighted by atomic mass is 16.3. The Balaban J connectivity index is 1.86. The van der Waals surface area contributed by atoms with Crippen molar-refractivity contribution in [2.45, 2.75) is 0 Å². The number of likely N-dealkylation sites (N-methyl/N-ethyl adjacent to an activating group) is 1. The SMILES string of the molecule is C=C=C(CO)N(C)c1ccc2ncc(-c3cc4c([OH2+])nccc4o3)n2n1. The second kappa shape index (κ2) is 6.03. The Hall–Kier alpha value is -3.61. The number of aromatic nitrogens is 4. The normalized spacial score (nSPS) is 11.0. The Morgan fingerprint density at radius 1 is 1.38 bits per heavy atom. The van der Waals surface area contributed by atoms with Gasteiger partial charge in [0.1, 0.15) is 16.7 Å². The maximum Gasteiger partial charge on any atom is 0.368 e. The molecule has 0 bridgehead atoms. The fourth-order valence-electron chi connectivity index (χ4n) is 2.72. The molecule has 8 heteroatoms. The number of aliphatic hydroxyl groups is 1. The predicted molar refractivity (Wildman–Crippen MR) is 97.2 cm³/mol. The molecular formula is C18H16N5O3+. The summed E-state index contributed by atoms with van der Waals surface area (Å²) < 4.78 is 7.50. The minimum absolute atomic E-state index is 0.156. The fraction of sp³-hybridized carbons (Fsp3) is 0.111. The van der Waals surface area contributed by atoms with E-state index in [9.17, 15) is 5.11 Å². The standard InChI is InChI=1S/C18H15N5O3/c1-3-11(10-24)22(2)17-5-4-16-20-9-13(23(16)21-17)15-8-12-14(26-15)6-7-19-18(12)25/h4-9,24H,1,10H2,2H3,(H,19,25)/p+1. The van der Waals surface area contributed by atoms with Crippen molar-refractivity contribution in [1.82, 2.24) is 19.6 Å². The highest BCUT2D eigenvalue weighted by Crippen LogP contribution is 2.31. The molecule has 4 heterocycles. The molecule has 0 fully saturated rings. The van der Waals surface area contributed by atoms with Gasteiger partial charge in [-0.2, -0.15) is 4.98 Å². The molecule has 8 nitrogen and oxygen atoms in total. The van der Waals surface area contributed by atoms with Crippen molar-refractivity contribution in [3.05, 3.63) is 54.7 Å². The van der Waals surface area contributed by atoms with E-state index in [1.54, 1.807) is 40.9 Å². The van der Waals surface area contributed by atoms with Gasteiger partial charge < -0.3 is 19.5 Å². The average molecular weight is 350 g/mol. The van der Waals surface area contributed by atoms with Crippen LogP contribution in [0.1, 0.15) is 0 Å². The zero-order valence-electron chi connectivity index (χ0n) is 14.0. The van der Waals surface area contributed by atoms with Crippen LogP contribution in [0.5, 0.6) is 5.88 Å². The van der Waals surface area contributed by atoms with Gasteiger partial charge in [0.15, 0.2) is 17.2 Å². The molecule has 4 aromatic rings. The van der Waals surface area contributed by atoms with Crippen LogP contribution in [0.4, 0.5) is 5.82 Å². The van der Waals surface area contributed by atoms with Gasteiger partial charge in [-0.15, -0.1) is 10.8 Å². The van der Waals surface area contributed by atoms with Crippen LogP contribution in [-0.2, 0) is 0 Å². The smallest absolute Gasteiger partial charge is 0.368 e. The van der Waals surface area contributed by atoms with Crippen molar-refractivity contribution in [3.8, 4) is 17.3 Å². The predicted octanol–water partition coefficient (Wildman–Crippen LogP) is 2.07. The van der Waals surface area contributed by atoms with Gasteiger partial charge in [-0.3, -0.25) is 0 Å². The van der Waals surface area contributed by atoms with Crippen molar-refractivity contribution in [2.24, 2.45) is 0 Å². The van der Waals surface area contributed by atoms with E-state index in [1.165, 1.54) is 6.20 Å². The second-order valence-electron chi connectivity index (χ2n) is 5.63. The van der Waals surface area contributed by atoms with Crippen LogP contribution in [0.3, 0.4) is 0 Å². The molecule has 0 atom stereocenters. The van der Waals surface area contributed by atoms with E-state index in [1.807, 2.05) is 6.07 Å². The van der Waals surface area contributed by atoms with E-state index < -0.39 is 0 Å². The van der Waals surface area contributed by atoms with E-state index in [0.717, 1.165) is 0 Å². The van der Waals surface area contributed by atoms with E-state index >= 15 is 0 Å². The lowest BCUT2D eigenvalue weighted by atomic mass is 10.3. The summed E-state index contributed by atoms with van der Waals surface area (Å²) in [6.45, 7) is 3.38. The number of fused-ring (bicyclic) bond motifs is 2. The third kappa shape index (κ3) is 2.41. The third-order valence-electron chi connectivity index (χ3n) is 4.15. The molecule has 0 unspecified atom stereocenters.